The fourth-order valence-corrected chi connectivity index (χ4v) is 5.88. The molecule has 0 aromatic rings. The summed E-state index contributed by atoms with van der Waals surface area (Å²) < 4.78 is 17.2. The number of carbonyl (C=O) groups excluding carboxylic acids is 2. The maximum Gasteiger partial charge on any atom is 0.306 e. The molecule has 0 N–H and O–H groups in total. The van der Waals surface area contributed by atoms with Crippen molar-refractivity contribution in [3.63, 3.8) is 0 Å². The van der Waals surface area contributed by atoms with E-state index in [0.29, 0.717) is 19.4 Å². The van der Waals surface area contributed by atoms with Crippen molar-refractivity contribution in [3.05, 3.63) is 109 Å². The van der Waals surface area contributed by atoms with Crippen molar-refractivity contribution in [3.8, 4) is 0 Å². The summed E-state index contributed by atoms with van der Waals surface area (Å²) in [6.45, 7) is 7.47. The van der Waals surface area contributed by atoms with E-state index < -0.39 is 6.10 Å². The third-order valence-electron chi connectivity index (χ3n) is 9.30. The van der Waals surface area contributed by atoms with Gasteiger partial charge in [-0.15, -0.1) is 0 Å². The Morgan fingerprint density at radius 1 is 0.397 bits per heavy atom. The predicted octanol–water partition coefficient (Wildman–Crippen LogP) is 15.7. The molecule has 1 atom stereocenters. The van der Waals surface area contributed by atoms with Gasteiger partial charge in [-0.3, -0.25) is 9.59 Å². The van der Waals surface area contributed by atoms with E-state index in [1.807, 2.05) is 0 Å². The minimum absolute atomic E-state index is 0.0516. The van der Waals surface area contributed by atoms with E-state index in [4.69, 9.17) is 14.2 Å². The van der Waals surface area contributed by atoms with Crippen molar-refractivity contribution >= 4 is 11.9 Å². The Morgan fingerprint density at radius 2 is 0.776 bits per heavy atom. The summed E-state index contributed by atoms with van der Waals surface area (Å²) in [5.74, 6) is -0.474. The molecule has 0 rings (SSSR count). The topological polar surface area (TPSA) is 61.8 Å². The number of carbonyl (C=O) groups is 2. The van der Waals surface area contributed by atoms with Gasteiger partial charge >= 0.3 is 11.9 Å². The van der Waals surface area contributed by atoms with Crippen LogP contribution in [0, 0.1) is 0 Å². The van der Waals surface area contributed by atoms with Gasteiger partial charge in [0.15, 0.2) is 6.10 Å². The number of hydrogen-bond acceptors (Lipinski definition) is 5. The second-order valence-electron chi connectivity index (χ2n) is 14.9. The van der Waals surface area contributed by atoms with E-state index >= 15 is 0 Å². The maximum atomic E-state index is 12.7. The molecule has 0 saturated heterocycles. The van der Waals surface area contributed by atoms with E-state index in [1.165, 1.54) is 25.7 Å². The van der Waals surface area contributed by atoms with Crippen molar-refractivity contribution in [1.29, 1.82) is 0 Å². The highest BCUT2D eigenvalue weighted by atomic mass is 16.6. The standard InChI is InChI=1S/C53H86O5/c1-4-7-10-13-16-18-20-22-24-26-27-29-30-32-34-36-38-40-43-46-52(54)57-50-51(49-56-48-45-42-15-12-9-6-3)58-53(55)47-44-41-39-37-35-33-31-28-25-23-21-19-17-14-11-8-5-2/h7-8,10-11,16-19,22-25,27,29,31-34,51H,4-6,9,12-15,20-21,26,28,30,35-50H2,1-3H3/b10-7-,11-8-,18-16-,19-17-,24-22-,25-23-,29-27-,33-31-,34-32-. The Balaban J connectivity index is 4.25. The molecule has 0 spiro atoms. The van der Waals surface area contributed by atoms with Crippen LogP contribution in [-0.2, 0) is 23.8 Å². The summed E-state index contributed by atoms with van der Waals surface area (Å²) in [5.41, 5.74) is 0. The Labute approximate surface area is 357 Å². The number of esters is 2. The highest BCUT2D eigenvalue weighted by molar-refractivity contribution is 5.70. The van der Waals surface area contributed by atoms with Gasteiger partial charge in [-0.25, -0.2) is 0 Å². The van der Waals surface area contributed by atoms with E-state index in [-0.39, 0.29) is 25.2 Å². The lowest BCUT2D eigenvalue weighted by Crippen LogP contribution is -2.30. The number of hydrogen-bond donors (Lipinski definition) is 0. The van der Waals surface area contributed by atoms with Crippen LogP contribution in [-0.4, -0.2) is 37.9 Å². The molecule has 0 heterocycles. The summed E-state index contributed by atoms with van der Waals surface area (Å²) in [7, 11) is 0. The zero-order chi connectivity index (χ0) is 42.1. The quantitative estimate of drug-likeness (QED) is 0.0350. The van der Waals surface area contributed by atoms with Gasteiger partial charge in [0.2, 0.25) is 0 Å². The molecule has 0 amide bonds. The van der Waals surface area contributed by atoms with E-state index in [9.17, 15) is 9.59 Å². The molecule has 0 bridgehead atoms. The van der Waals surface area contributed by atoms with Crippen molar-refractivity contribution in [2.45, 2.75) is 194 Å². The molecule has 328 valence electrons. The number of unbranched alkanes of at least 4 members (excludes halogenated alkanes) is 12. The molecule has 0 aromatic carbocycles. The van der Waals surface area contributed by atoms with Crippen molar-refractivity contribution < 1.29 is 23.8 Å². The Morgan fingerprint density at radius 3 is 1.26 bits per heavy atom. The lowest BCUT2D eigenvalue weighted by atomic mass is 10.1. The molecule has 0 aliphatic heterocycles. The first-order chi connectivity index (χ1) is 28.6. The molecule has 0 aliphatic rings. The van der Waals surface area contributed by atoms with Crippen LogP contribution < -0.4 is 0 Å². The van der Waals surface area contributed by atoms with Crippen molar-refractivity contribution in [2.24, 2.45) is 0 Å². The highest BCUT2D eigenvalue weighted by Crippen LogP contribution is 2.11. The van der Waals surface area contributed by atoms with Gasteiger partial charge in [0.1, 0.15) is 6.61 Å². The van der Waals surface area contributed by atoms with Gasteiger partial charge in [-0.05, 0) is 103 Å². The van der Waals surface area contributed by atoms with Crippen LogP contribution in [0.3, 0.4) is 0 Å². The normalized spacial score (nSPS) is 13.2. The predicted molar refractivity (Wildman–Crippen MR) is 251 cm³/mol. The largest absolute Gasteiger partial charge is 0.462 e. The van der Waals surface area contributed by atoms with E-state index in [1.54, 1.807) is 0 Å². The molecule has 0 fully saturated rings. The van der Waals surface area contributed by atoms with Gasteiger partial charge in [0.25, 0.3) is 0 Å². The van der Waals surface area contributed by atoms with Gasteiger partial charge in [-0.2, -0.15) is 0 Å². The minimum Gasteiger partial charge on any atom is -0.462 e. The number of allylic oxidation sites excluding steroid dienone is 18. The summed E-state index contributed by atoms with van der Waals surface area (Å²) >= 11 is 0. The molecule has 0 radical (unpaired) electrons. The number of rotatable bonds is 41. The molecule has 5 heteroatoms. The van der Waals surface area contributed by atoms with E-state index in [0.717, 1.165) is 128 Å². The first kappa shape index (κ1) is 54.6. The lowest BCUT2D eigenvalue weighted by molar-refractivity contribution is -0.163. The van der Waals surface area contributed by atoms with Crippen LogP contribution in [0.15, 0.2) is 109 Å². The van der Waals surface area contributed by atoms with Crippen LogP contribution >= 0.6 is 0 Å². The zero-order valence-electron chi connectivity index (χ0n) is 37.5. The molecule has 0 aliphatic carbocycles. The Hall–Kier alpha value is -3.44. The third-order valence-corrected chi connectivity index (χ3v) is 9.30. The smallest absolute Gasteiger partial charge is 0.306 e. The average molecular weight is 803 g/mol. The molecule has 0 saturated carbocycles. The van der Waals surface area contributed by atoms with Gasteiger partial charge in [0, 0.05) is 19.4 Å². The van der Waals surface area contributed by atoms with Crippen LogP contribution in [0.4, 0.5) is 0 Å². The molecule has 0 aromatic heterocycles. The third kappa shape index (κ3) is 45.3. The second kappa shape index (κ2) is 47.9. The summed E-state index contributed by atoms with van der Waals surface area (Å²) in [6, 6.07) is 0. The molecular weight excluding hydrogens is 717 g/mol. The van der Waals surface area contributed by atoms with Crippen molar-refractivity contribution in [1.82, 2.24) is 0 Å². The monoisotopic (exact) mass is 803 g/mol. The summed E-state index contributed by atoms with van der Waals surface area (Å²) in [6.07, 6.45) is 65.3. The SMILES string of the molecule is CC/C=C\C/C=C\C/C=C\C/C=C\C/C=C\CCCCCC(=O)OCC(COCCCCCCCC)OC(=O)CCCCCC/C=C\C/C=C\C/C=C\C/C=C\CC. The summed E-state index contributed by atoms with van der Waals surface area (Å²) in [4.78, 5) is 25.2. The first-order valence-electron chi connectivity index (χ1n) is 23.4. The Bertz CT molecular complexity index is 1180. The zero-order valence-corrected chi connectivity index (χ0v) is 37.5. The van der Waals surface area contributed by atoms with Gasteiger partial charge < -0.3 is 14.2 Å². The first-order valence-corrected chi connectivity index (χ1v) is 23.4. The number of ether oxygens (including phenoxy) is 3. The van der Waals surface area contributed by atoms with Crippen LogP contribution in [0.5, 0.6) is 0 Å². The average Bonchev–Trinajstić information content (AvgIpc) is 3.22. The summed E-state index contributed by atoms with van der Waals surface area (Å²) in [5, 5.41) is 0. The van der Waals surface area contributed by atoms with Crippen LogP contribution in [0.1, 0.15) is 188 Å². The fourth-order valence-electron chi connectivity index (χ4n) is 5.88. The second-order valence-corrected chi connectivity index (χ2v) is 14.9. The molecule has 5 nitrogen and oxygen atoms in total. The van der Waals surface area contributed by atoms with Crippen LogP contribution in [0.2, 0.25) is 0 Å². The van der Waals surface area contributed by atoms with Crippen LogP contribution in [0.25, 0.3) is 0 Å². The Kier molecular flexibility index (Phi) is 45.1. The van der Waals surface area contributed by atoms with Gasteiger partial charge in [-0.1, -0.05) is 182 Å². The molecule has 58 heavy (non-hydrogen) atoms. The molecule has 1 unspecified atom stereocenters. The maximum absolute atomic E-state index is 12.7. The molecular formula is C53H86O5. The lowest BCUT2D eigenvalue weighted by Gasteiger charge is -2.18. The van der Waals surface area contributed by atoms with E-state index in [2.05, 4.69) is 130 Å². The van der Waals surface area contributed by atoms with Gasteiger partial charge in [0.05, 0.1) is 6.61 Å². The van der Waals surface area contributed by atoms with Crippen molar-refractivity contribution in [2.75, 3.05) is 19.8 Å². The highest BCUT2D eigenvalue weighted by Gasteiger charge is 2.17. The fraction of sp³-hybridized carbons (Fsp3) is 0.623. The minimum atomic E-state index is -0.565.